The summed E-state index contributed by atoms with van der Waals surface area (Å²) in [6, 6.07) is 8.53. The largest absolute Gasteiger partial charge is 0.497 e. The Morgan fingerprint density at radius 3 is 2.92 bits per heavy atom. The Bertz CT molecular complexity index is 924. The Morgan fingerprint density at radius 2 is 2.17 bits per heavy atom. The highest BCUT2D eigenvalue weighted by Crippen LogP contribution is 2.35. The van der Waals surface area contributed by atoms with Gasteiger partial charge in [-0.25, -0.2) is 0 Å². The van der Waals surface area contributed by atoms with Crippen LogP contribution < -0.4 is 4.74 Å². The fraction of sp³-hybridized carbons (Fsp3) is 0.389. The lowest BCUT2D eigenvalue weighted by Crippen LogP contribution is -2.06. The predicted octanol–water partition coefficient (Wildman–Crippen LogP) is 5.16. The summed E-state index contributed by atoms with van der Waals surface area (Å²) >= 11 is 0. The zero-order valence-electron chi connectivity index (χ0n) is 14.2. The van der Waals surface area contributed by atoms with Crippen LogP contribution in [0.3, 0.4) is 0 Å². The molecule has 0 aliphatic rings. The van der Waals surface area contributed by atoms with Crippen LogP contribution in [0.15, 0.2) is 35.6 Å². The summed E-state index contributed by atoms with van der Waals surface area (Å²) < 4.78 is 7.75. The summed E-state index contributed by atoms with van der Waals surface area (Å²) in [7, 11) is 1.68. The zero-order chi connectivity index (χ0) is 17.1. The molecule has 3 rings (SSSR count). The molecule has 1 atom stereocenters. The van der Waals surface area contributed by atoms with E-state index in [0.29, 0.717) is 6.54 Å². The van der Waals surface area contributed by atoms with Gasteiger partial charge in [-0.05, 0) is 50.4 Å². The molecule has 3 aromatic rings. The summed E-state index contributed by atoms with van der Waals surface area (Å²) in [5.41, 5.74) is 11.8. The first-order valence-corrected chi connectivity index (χ1v) is 8.11. The predicted molar refractivity (Wildman–Crippen MR) is 96.5 cm³/mol. The van der Waals surface area contributed by atoms with Crippen LogP contribution in [-0.4, -0.2) is 23.2 Å². The first-order chi connectivity index (χ1) is 11.7. The second-order valence-electron chi connectivity index (χ2n) is 5.99. The topological polar surface area (TPSA) is 75.8 Å². The maximum absolute atomic E-state index is 8.42. The van der Waals surface area contributed by atoms with E-state index < -0.39 is 0 Å². The van der Waals surface area contributed by atoms with Crippen LogP contribution in [0.2, 0.25) is 0 Å². The van der Waals surface area contributed by atoms with Gasteiger partial charge in [0.1, 0.15) is 5.75 Å². The van der Waals surface area contributed by atoms with Gasteiger partial charge >= 0.3 is 0 Å². The van der Waals surface area contributed by atoms with Crippen LogP contribution >= 0.6 is 0 Å². The van der Waals surface area contributed by atoms with Crippen LogP contribution in [0.4, 0.5) is 0 Å². The number of aryl methyl sites for hydroxylation is 1. The molecule has 0 spiro atoms. The average molecular weight is 323 g/mol. The van der Waals surface area contributed by atoms with E-state index in [1.54, 1.807) is 7.11 Å². The number of benzene rings is 1. The lowest BCUT2D eigenvalue weighted by atomic mass is 10.1. The van der Waals surface area contributed by atoms with E-state index >= 15 is 0 Å². The lowest BCUT2D eigenvalue weighted by Gasteiger charge is -2.17. The fourth-order valence-electron chi connectivity index (χ4n) is 3.35. The van der Waals surface area contributed by atoms with E-state index in [0.717, 1.165) is 35.3 Å². The van der Waals surface area contributed by atoms with E-state index in [4.69, 9.17) is 10.3 Å². The van der Waals surface area contributed by atoms with Crippen molar-refractivity contribution in [2.45, 2.75) is 32.7 Å². The molecular weight excluding hydrogens is 302 g/mol. The van der Waals surface area contributed by atoms with Gasteiger partial charge in [0, 0.05) is 40.5 Å². The highest BCUT2D eigenvalue weighted by Gasteiger charge is 2.17. The number of hydrogen-bond acceptors (Lipinski definition) is 3. The zero-order valence-corrected chi connectivity index (χ0v) is 14.2. The molecule has 6 nitrogen and oxygen atoms in total. The van der Waals surface area contributed by atoms with Gasteiger partial charge in [0.2, 0.25) is 0 Å². The Balaban J connectivity index is 2.16. The molecule has 124 valence electrons. The SMILES string of the molecule is COc1ccc2c3ccnc(C)c3n(C(C)CCCN=[N+]=[N-])c2c1. The minimum Gasteiger partial charge on any atom is -0.497 e. The number of hydrogen-bond donors (Lipinski definition) is 0. The average Bonchev–Trinajstić information content (AvgIpc) is 2.93. The number of ether oxygens (including phenoxy) is 1. The molecule has 0 fully saturated rings. The molecular formula is C18H21N5O. The quantitative estimate of drug-likeness (QED) is 0.272. The number of methoxy groups -OCH3 is 1. The van der Waals surface area contributed by atoms with E-state index in [1.165, 1.54) is 10.8 Å². The van der Waals surface area contributed by atoms with Crippen LogP contribution in [-0.2, 0) is 0 Å². The smallest absolute Gasteiger partial charge is 0.120 e. The molecule has 1 aromatic carbocycles. The summed E-state index contributed by atoms with van der Waals surface area (Å²) in [6.45, 7) is 4.76. The van der Waals surface area contributed by atoms with Gasteiger partial charge in [-0.2, -0.15) is 0 Å². The van der Waals surface area contributed by atoms with Crippen molar-refractivity contribution in [1.82, 2.24) is 9.55 Å². The third kappa shape index (κ3) is 2.76. The first-order valence-electron chi connectivity index (χ1n) is 8.11. The molecule has 0 aliphatic heterocycles. The van der Waals surface area contributed by atoms with Gasteiger partial charge in [-0.15, -0.1) is 0 Å². The molecule has 0 N–H and O–H groups in total. The Labute approximate surface area is 140 Å². The van der Waals surface area contributed by atoms with Crippen LogP contribution in [0, 0.1) is 6.92 Å². The summed E-state index contributed by atoms with van der Waals surface area (Å²) in [5.74, 6) is 0.846. The molecule has 2 heterocycles. The van der Waals surface area contributed by atoms with Gasteiger partial charge in [-0.1, -0.05) is 5.11 Å². The van der Waals surface area contributed by atoms with Crippen molar-refractivity contribution in [3.05, 3.63) is 46.6 Å². The second-order valence-corrected chi connectivity index (χ2v) is 5.99. The highest BCUT2D eigenvalue weighted by atomic mass is 16.5. The molecule has 0 saturated heterocycles. The molecule has 0 saturated carbocycles. The van der Waals surface area contributed by atoms with Crippen LogP contribution in [0.25, 0.3) is 32.2 Å². The maximum Gasteiger partial charge on any atom is 0.120 e. The van der Waals surface area contributed by atoms with Crippen molar-refractivity contribution in [3.8, 4) is 5.75 Å². The van der Waals surface area contributed by atoms with Crippen molar-refractivity contribution >= 4 is 21.8 Å². The minimum atomic E-state index is 0.272. The number of aromatic nitrogens is 2. The Hall–Kier alpha value is -2.72. The van der Waals surface area contributed by atoms with Gasteiger partial charge in [0.15, 0.2) is 0 Å². The molecule has 1 unspecified atom stereocenters. The third-order valence-corrected chi connectivity index (χ3v) is 4.49. The van der Waals surface area contributed by atoms with Crippen molar-refractivity contribution in [1.29, 1.82) is 0 Å². The second kappa shape index (κ2) is 6.81. The normalized spacial score (nSPS) is 12.3. The summed E-state index contributed by atoms with van der Waals surface area (Å²) in [6.07, 6.45) is 3.65. The first kappa shape index (κ1) is 16.1. The van der Waals surface area contributed by atoms with Crippen molar-refractivity contribution < 1.29 is 4.74 Å². The summed E-state index contributed by atoms with van der Waals surface area (Å²) in [5, 5.41) is 6.05. The molecule has 0 aliphatic carbocycles. The van der Waals surface area contributed by atoms with E-state index in [-0.39, 0.29) is 6.04 Å². The Morgan fingerprint density at radius 1 is 1.33 bits per heavy atom. The number of fused-ring (bicyclic) bond motifs is 3. The van der Waals surface area contributed by atoms with Gasteiger partial charge in [-0.3, -0.25) is 4.98 Å². The molecule has 0 radical (unpaired) electrons. The number of azide groups is 1. The number of rotatable bonds is 6. The summed E-state index contributed by atoms with van der Waals surface area (Å²) in [4.78, 5) is 7.30. The third-order valence-electron chi connectivity index (χ3n) is 4.49. The monoisotopic (exact) mass is 323 g/mol. The minimum absolute atomic E-state index is 0.272. The van der Waals surface area contributed by atoms with Crippen molar-refractivity contribution in [2.75, 3.05) is 13.7 Å². The molecule has 0 bridgehead atoms. The van der Waals surface area contributed by atoms with Crippen molar-refractivity contribution in [3.63, 3.8) is 0 Å². The molecule has 0 amide bonds. The van der Waals surface area contributed by atoms with Crippen LogP contribution in [0.1, 0.15) is 31.5 Å². The molecule has 2 aromatic heterocycles. The number of nitrogens with zero attached hydrogens (tertiary/aromatic N) is 5. The highest BCUT2D eigenvalue weighted by molar-refractivity contribution is 6.09. The van der Waals surface area contributed by atoms with E-state index in [2.05, 4.69) is 44.7 Å². The Kier molecular flexibility index (Phi) is 4.58. The lowest BCUT2D eigenvalue weighted by molar-refractivity contribution is 0.415. The maximum atomic E-state index is 8.42. The fourth-order valence-corrected chi connectivity index (χ4v) is 3.35. The van der Waals surface area contributed by atoms with E-state index in [9.17, 15) is 0 Å². The van der Waals surface area contributed by atoms with Gasteiger partial charge < -0.3 is 9.30 Å². The number of pyridine rings is 1. The van der Waals surface area contributed by atoms with Gasteiger partial charge in [0.05, 0.1) is 23.8 Å². The molecule has 24 heavy (non-hydrogen) atoms. The van der Waals surface area contributed by atoms with Crippen molar-refractivity contribution in [2.24, 2.45) is 5.11 Å². The van der Waals surface area contributed by atoms with Gasteiger partial charge in [0.25, 0.3) is 0 Å². The molecule has 6 heteroatoms. The van der Waals surface area contributed by atoms with E-state index in [1.807, 2.05) is 19.2 Å². The van der Waals surface area contributed by atoms with Crippen LogP contribution in [0.5, 0.6) is 5.75 Å². The standard InChI is InChI=1S/C18H21N5O/c1-12(5-4-9-21-22-19)23-17-11-14(24-3)6-7-15(17)16-8-10-20-13(2)18(16)23/h6-8,10-12H,4-5,9H2,1-3H3.